The number of ether oxygens (including phenoxy) is 1. The number of aromatic nitrogens is 3. The van der Waals surface area contributed by atoms with Crippen LogP contribution >= 0.6 is 23.1 Å². The molecule has 4 heterocycles. The Balaban J connectivity index is 1.16. The molecule has 1 spiro atoms. The number of nitrogens with zero attached hydrogens (tertiary/aromatic N) is 5. The van der Waals surface area contributed by atoms with Crippen LogP contribution < -0.4 is 10.6 Å². The molecule has 0 unspecified atom stereocenters. The number of amides is 1. The molecular formula is C24H31N7O2S2. The number of nitrogens with one attached hydrogen (secondary N) is 2. The quantitative estimate of drug-likeness (QED) is 0.441. The van der Waals surface area contributed by atoms with Crippen molar-refractivity contribution in [3.8, 4) is 0 Å². The number of anilines is 2. The first kappa shape index (κ1) is 24.2. The lowest BCUT2D eigenvalue weighted by atomic mass is 9.92. The van der Waals surface area contributed by atoms with E-state index in [2.05, 4.69) is 39.5 Å². The fraction of sp³-hybridized carbons (Fsp3) is 0.500. The zero-order valence-electron chi connectivity index (χ0n) is 20.3. The van der Waals surface area contributed by atoms with Crippen LogP contribution in [-0.2, 0) is 4.74 Å². The van der Waals surface area contributed by atoms with E-state index in [-0.39, 0.29) is 11.4 Å². The third-order valence-corrected chi connectivity index (χ3v) is 8.40. The Morgan fingerprint density at radius 3 is 2.71 bits per heavy atom. The highest BCUT2D eigenvalue weighted by atomic mass is 32.2. The standard InChI is InChI=1S/C24H31N7O2S2/c1-16(9-25-22-26-11-18(34-3)12-27-22)10-28-23-29-19-5-4-17(8-20(19)35-23)21(32)31-7-6-30(2)24(13-31)14-33-15-24/h4-5,8,11-12,16H,6-7,9-10,13-15H2,1-3H3,(H,28,29)(H,25,26,27)/t16-/m0/s1. The summed E-state index contributed by atoms with van der Waals surface area (Å²) in [5.74, 6) is 1.08. The summed E-state index contributed by atoms with van der Waals surface area (Å²) in [5, 5.41) is 7.59. The van der Waals surface area contributed by atoms with Crippen LogP contribution in [0.15, 0.2) is 35.5 Å². The minimum absolute atomic E-state index is 0.0186. The number of fused-ring (bicyclic) bond motifs is 1. The van der Waals surface area contributed by atoms with Gasteiger partial charge in [-0.1, -0.05) is 18.3 Å². The lowest BCUT2D eigenvalue weighted by Gasteiger charge is -2.53. The van der Waals surface area contributed by atoms with Gasteiger partial charge in [0.25, 0.3) is 5.91 Å². The maximum atomic E-state index is 13.2. The minimum Gasteiger partial charge on any atom is -0.377 e. The molecule has 0 aliphatic carbocycles. The van der Waals surface area contributed by atoms with E-state index in [0.717, 1.165) is 52.0 Å². The van der Waals surface area contributed by atoms with Crippen molar-refractivity contribution in [1.29, 1.82) is 0 Å². The molecule has 11 heteroatoms. The number of thiazole rings is 1. The van der Waals surface area contributed by atoms with Gasteiger partial charge in [0.05, 0.1) is 29.0 Å². The van der Waals surface area contributed by atoms with Crippen molar-refractivity contribution in [3.63, 3.8) is 0 Å². The number of piperazine rings is 1. The van der Waals surface area contributed by atoms with Crippen LogP contribution in [0.5, 0.6) is 0 Å². The first-order chi connectivity index (χ1) is 17.0. The Hall–Kier alpha value is -2.47. The van der Waals surface area contributed by atoms with E-state index in [9.17, 15) is 4.79 Å². The molecule has 1 aromatic carbocycles. The maximum absolute atomic E-state index is 13.2. The summed E-state index contributed by atoms with van der Waals surface area (Å²) in [5.41, 5.74) is 1.61. The summed E-state index contributed by atoms with van der Waals surface area (Å²) < 4.78 is 6.48. The largest absolute Gasteiger partial charge is 0.377 e. The Bertz CT molecular complexity index is 1180. The molecule has 2 aliphatic heterocycles. The number of benzene rings is 1. The molecule has 1 amide bonds. The van der Waals surface area contributed by atoms with E-state index in [1.807, 2.05) is 41.7 Å². The molecule has 0 radical (unpaired) electrons. The number of thioether (sulfide) groups is 1. The van der Waals surface area contributed by atoms with E-state index in [4.69, 9.17) is 9.72 Å². The number of carbonyl (C=O) groups is 1. The normalized spacial score (nSPS) is 18.4. The van der Waals surface area contributed by atoms with E-state index in [1.54, 1.807) is 23.1 Å². The van der Waals surface area contributed by atoms with Crippen LogP contribution in [0.3, 0.4) is 0 Å². The summed E-state index contributed by atoms with van der Waals surface area (Å²) in [6.07, 6.45) is 5.66. The number of hydrogen-bond acceptors (Lipinski definition) is 10. The van der Waals surface area contributed by atoms with E-state index in [1.165, 1.54) is 0 Å². The molecule has 2 saturated heterocycles. The van der Waals surface area contributed by atoms with Crippen LogP contribution in [0.4, 0.5) is 11.1 Å². The highest BCUT2D eigenvalue weighted by molar-refractivity contribution is 7.98. The molecule has 2 aliphatic rings. The third kappa shape index (κ3) is 5.23. The molecular weight excluding hydrogens is 482 g/mol. The number of carbonyl (C=O) groups excluding carboxylic acids is 1. The maximum Gasteiger partial charge on any atom is 0.254 e. The average molecular weight is 514 g/mol. The number of rotatable bonds is 8. The van der Waals surface area contributed by atoms with Crippen molar-refractivity contribution in [2.45, 2.75) is 17.4 Å². The highest BCUT2D eigenvalue weighted by Crippen LogP contribution is 2.30. The van der Waals surface area contributed by atoms with E-state index in [0.29, 0.717) is 31.6 Å². The SMILES string of the molecule is CSc1cnc(NC[C@H](C)CNc2nc3ccc(C(=O)N4CCN(C)C5(COC5)C4)cc3s2)nc1. The van der Waals surface area contributed by atoms with Gasteiger partial charge in [-0.25, -0.2) is 15.0 Å². The molecule has 35 heavy (non-hydrogen) atoms. The number of likely N-dealkylation sites (N-methyl/N-ethyl adjacent to an activating group) is 1. The van der Waals surface area contributed by atoms with Gasteiger partial charge in [-0.05, 0) is 37.4 Å². The summed E-state index contributed by atoms with van der Waals surface area (Å²) in [4.78, 5) is 32.0. The Labute approximate surface area is 213 Å². The summed E-state index contributed by atoms with van der Waals surface area (Å²) >= 11 is 3.21. The molecule has 1 atom stereocenters. The molecule has 5 rings (SSSR count). The van der Waals surface area contributed by atoms with Gasteiger partial charge in [0.1, 0.15) is 0 Å². The first-order valence-corrected chi connectivity index (χ1v) is 13.8. The fourth-order valence-corrected chi connectivity index (χ4v) is 5.54. The van der Waals surface area contributed by atoms with E-state index < -0.39 is 0 Å². The zero-order valence-corrected chi connectivity index (χ0v) is 21.9. The molecule has 2 aromatic heterocycles. The van der Waals surface area contributed by atoms with Gasteiger partial charge in [0.2, 0.25) is 5.95 Å². The molecule has 2 fully saturated rings. The predicted octanol–water partition coefficient (Wildman–Crippen LogP) is 3.12. The summed E-state index contributed by atoms with van der Waals surface area (Å²) in [6.45, 7) is 7.41. The molecule has 0 saturated carbocycles. The third-order valence-electron chi connectivity index (χ3n) is 6.74. The summed E-state index contributed by atoms with van der Waals surface area (Å²) in [7, 11) is 2.12. The Morgan fingerprint density at radius 2 is 2.00 bits per heavy atom. The van der Waals surface area contributed by atoms with Gasteiger partial charge in [-0.15, -0.1) is 11.8 Å². The van der Waals surface area contributed by atoms with Gasteiger partial charge in [-0.3, -0.25) is 9.69 Å². The van der Waals surface area contributed by atoms with Crippen LogP contribution in [-0.4, -0.2) is 95.4 Å². The highest BCUT2D eigenvalue weighted by Gasteiger charge is 2.47. The second-order valence-corrected chi connectivity index (χ2v) is 11.3. The van der Waals surface area contributed by atoms with Gasteiger partial charge >= 0.3 is 0 Å². The fourth-order valence-electron chi connectivity index (χ4n) is 4.31. The van der Waals surface area contributed by atoms with Crippen molar-refractivity contribution in [2.24, 2.45) is 5.92 Å². The van der Waals surface area contributed by atoms with Crippen molar-refractivity contribution in [3.05, 3.63) is 36.2 Å². The lowest BCUT2D eigenvalue weighted by molar-refractivity contribution is -0.155. The zero-order chi connectivity index (χ0) is 24.4. The second kappa shape index (κ2) is 10.3. The number of hydrogen-bond donors (Lipinski definition) is 2. The Morgan fingerprint density at radius 1 is 1.23 bits per heavy atom. The van der Waals surface area contributed by atoms with Crippen LogP contribution in [0.25, 0.3) is 10.2 Å². The molecule has 2 N–H and O–H groups in total. The van der Waals surface area contributed by atoms with Crippen molar-refractivity contribution in [1.82, 2.24) is 24.8 Å². The molecule has 3 aromatic rings. The van der Waals surface area contributed by atoms with Crippen LogP contribution in [0.2, 0.25) is 0 Å². The van der Waals surface area contributed by atoms with Gasteiger partial charge in [0, 0.05) is 55.6 Å². The smallest absolute Gasteiger partial charge is 0.254 e. The average Bonchev–Trinajstić information content (AvgIpc) is 3.27. The monoisotopic (exact) mass is 513 g/mol. The molecule has 9 nitrogen and oxygen atoms in total. The topological polar surface area (TPSA) is 95.5 Å². The lowest BCUT2D eigenvalue weighted by Crippen LogP contribution is -2.70. The van der Waals surface area contributed by atoms with Gasteiger partial charge < -0.3 is 20.3 Å². The second-order valence-electron chi connectivity index (χ2n) is 9.38. The van der Waals surface area contributed by atoms with Crippen LogP contribution in [0.1, 0.15) is 17.3 Å². The van der Waals surface area contributed by atoms with Crippen LogP contribution in [0, 0.1) is 5.92 Å². The first-order valence-electron chi connectivity index (χ1n) is 11.8. The summed E-state index contributed by atoms with van der Waals surface area (Å²) in [6, 6.07) is 5.82. The van der Waals surface area contributed by atoms with Crippen molar-refractivity contribution in [2.75, 3.05) is 69.9 Å². The van der Waals surface area contributed by atoms with E-state index >= 15 is 0 Å². The minimum atomic E-state index is -0.0186. The predicted molar refractivity (Wildman–Crippen MR) is 142 cm³/mol. The molecule has 0 bridgehead atoms. The van der Waals surface area contributed by atoms with Gasteiger partial charge in [0.15, 0.2) is 5.13 Å². The van der Waals surface area contributed by atoms with Crippen molar-refractivity contribution >= 4 is 50.3 Å². The van der Waals surface area contributed by atoms with Gasteiger partial charge in [-0.2, -0.15) is 0 Å². The molecule has 186 valence electrons. The van der Waals surface area contributed by atoms with Crippen molar-refractivity contribution < 1.29 is 9.53 Å². The Kier molecular flexibility index (Phi) is 7.10.